The number of aliphatic hydroxyl groups excluding tert-OH is 1. The molecular weight excluding hydrogens is 126 g/mol. The highest BCUT2D eigenvalue weighted by Gasteiger charge is 2.57. The van der Waals surface area contributed by atoms with E-state index >= 15 is 0 Å². The molecule has 3 unspecified atom stereocenters. The molecule has 2 N–H and O–H groups in total. The molecular formula is C8H15NO. The third-order valence-corrected chi connectivity index (χ3v) is 3.11. The highest BCUT2D eigenvalue weighted by molar-refractivity contribution is 5.15. The van der Waals surface area contributed by atoms with Gasteiger partial charge in [-0.3, -0.25) is 0 Å². The van der Waals surface area contributed by atoms with Crippen LogP contribution in [0.15, 0.2) is 0 Å². The van der Waals surface area contributed by atoms with Gasteiger partial charge in [0, 0.05) is 5.54 Å². The molecule has 0 radical (unpaired) electrons. The Morgan fingerprint density at radius 3 is 2.70 bits per heavy atom. The van der Waals surface area contributed by atoms with Crippen LogP contribution in [-0.2, 0) is 0 Å². The number of hydrogen-bond donors (Lipinski definition) is 2. The summed E-state index contributed by atoms with van der Waals surface area (Å²) >= 11 is 0. The standard InChI is InChI=1S/C8H15NO/c1-6-3-2-4-9-8(6)5-7(8)10/h6-7,9-10H,2-5H2,1H3. The van der Waals surface area contributed by atoms with Gasteiger partial charge in [0.05, 0.1) is 6.10 Å². The van der Waals surface area contributed by atoms with Crippen LogP contribution in [-0.4, -0.2) is 23.3 Å². The summed E-state index contributed by atoms with van der Waals surface area (Å²) in [5, 5.41) is 12.8. The van der Waals surface area contributed by atoms with E-state index in [0.29, 0.717) is 5.92 Å². The van der Waals surface area contributed by atoms with Gasteiger partial charge in [0.25, 0.3) is 0 Å². The van der Waals surface area contributed by atoms with Crippen molar-refractivity contribution >= 4 is 0 Å². The van der Waals surface area contributed by atoms with E-state index in [4.69, 9.17) is 0 Å². The lowest BCUT2D eigenvalue weighted by Crippen LogP contribution is -2.45. The summed E-state index contributed by atoms with van der Waals surface area (Å²) in [5.41, 5.74) is 0.151. The van der Waals surface area contributed by atoms with Gasteiger partial charge in [0.1, 0.15) is 0 Å². The van der Waals surface area contributed by atoms with Gasteiger partial charge in [-0.1, -0.05) is 6.92 Å². The summed E-state index contributed by atoms with van der Waals surface area (Å²) in [4.78, 5) is 0. The first kappa shape index (κ1) is 6.62. The highest BCUT2D eigenvalue weighted by atomic mass is 16.3. The first-order valence-electron chi connectivity index (χ1n) is 4.19. The molecule has 2 aliphatic rings. The average molecular weight is 141 g/mol. The Hall–Kier alpha value is -0.0800. The van der Waals surface area contributed by atoms with Crippen molar-refractivity contribution in [2.24, 2.45) is 5.92 Å². The topological polar surface area (TPSA) is 32.3 Å². The molecule has 0 amide bonds. The van der Waals surface area contributed by atoms with Crippen molar-refractivity contribution < 1.29 is 5.11 Å². The minimum atomic E-state index is -0.0530. The first-order valence-corrected chi connectivity index (χ1v) is 4.19. The summed E-state index contributed by atoms with van der Waals surface area (Å²) in [7, 11) is 0. The van der Waals surface area contributed by atoms with E-state index in [9.17, 15) is 5.11 Å². The second-order valence-electron chi connectivity index (χ2n) is 3.73. The molecule has 2 nitrogen and oxygen atoms in total. The number of aliphatic hydroxyl groups is 1. The van der Waals surface area contributed by atoms with Gasteiger partial charge in [0.2, 0.25) is 0 Å². The molecule has 0 aromatic rings. The van der Waals surface area contributed by atoms with Gasteiger partial charge in [-0.15, -0.1) is 0 Å². The zero-order valence-electron chi connectivity index (χ0n) is 6.43. The number of hydrogen-bond acceptors (Lipinski definition) is 2. The molecule has 1 aliphatic carbocycles. The molecule has 3 atom stereocenters. The van der Waals surface area contributed by atoms with Crippen LogP contribution in [0.3, 0.4) is 0 Å². The average Bonchev–Trinajstić information content (AvgIpc) is 2.53. The van der Waals surface area contributed by atoms with Crippen LogP contribution in [0.5, 0.6) is 0 Å². The lowest BCUT2D eigenvalue weighted by atomic mass is 9.90. The van der Waals surface area contributed by atoms with Crippen molar-refractivity contribution in [3.05, 3.63) is 0 Å². The van der Waals surface area contributed by atoms with Gasteiger partial charge >= 0.3 is 0 Å². The SMILES string of the molecule is CC1CCCNC12CC2O. The van der Waals surface area contributed by atoms with Crippen LogP contribution in [0.1, 0.15) is 26.2 Å². The quantitative estimate of drug-likeness (QED) is 0.515. The lowest BCUT2D eigenvalue weighted by molar-refractivity contribution is 0.176. The monoisotopic (exact) mass is 141 g/mol. The van der Waals surface area contributed by atoms with Crippen molar-refractivity contribution in [2.75, 3.05) is 6.54 Å². The molecule has 2 heteroatoms. The fourth-order valence-electron chi connectivity index (χ4n) is 2.14. The van der Waals surface area contributed by atoms with Gasteiger partial charge in [-0.2, -0.15) is 0 Å². The molecule has 1 heterocycles. The molecule has 0 bridgehead atoms. The Balaban J connectivity index is 2.06. The van der Waals surface area contributed by atoms with Crippen LogP contribution >= 0.6 is 0 Å². The molecule has 1 spiro atoms. The fraction of sp³-hybridized carbons (Fsp3) is 1.00. The maximum absolute atomic E-state index is 9.35. The van der Waals surface area contributed by atoms with Gasteiger partial charge in [-0.05, 0) is 31.7 Å². The van der Waals surface area contributed by atoms with Crippen LogP contribution in [0.4, 0.5) is 0 Å². The van der Waals surface area contributed by atoms with E-state index in [1.54, 1.807) is 0 Å². The van der Waals surface area contributed by atoms with E-state index in [2.05, 4.69) is 12.2 Å². The van der Waals surface area contributed by atoms with Crippen molar-refractivity contribution in [3.63, 3.8) is 0 Å². The molecule has 1 aliphatic heterocycles. The maximum atomic E-state index is 9.35. The number of rotatable bonds is 0. The number of nitrogens with one attached hydrogen (secondary N) is 1. The minimum absolute atomic E-state index is 0.0530. The van der Waals surface area contributed by atoms with Crippen molar-refractivity contribution in [1.29, 1.82) is 0 Å². The second kappa shape index (κ2) is 1.95. The number of piperidine rings is 1. The fourth-order valence-corrected chi connectivity index (χ4v) is 2.14. The zero-order chi connectivity index (χ0) is 7.19. The Morgan fingerprint density at radius 1 is 1.60 bits per heavy atom. The van der Waals surface area contributed by atoms with Crippen molar-refractivity contribution in [3.8, 4) is 0 Å². The van der Waals surface area contributed by atoms with E-state index in [0.717, 1.165) is 13.0 Å². The summed E-state index contributed by atoms with van der Waals surface area (Å²) in [6.45, 7) is 3.34. The summed E-state index contributed by atoms with van der Waals surface area (Å²) in [6.07, 6.45) is 3.48. The minimum Gasteiger partial charge on any atom is -0.391 e. The Labute approximate surface area is 61.6 Å². The van der Waals surface area contributed by atoms with E-state index in [1.807, 2.05) is 0 Å². The first-order chi connectivity index (χ1) is 4.76. The Bertz CT molecular complexity index is 148. The Morgan fingerprint density at radius 2 is 2.30 bits per heavy atom. The van der Waals surface area contributed by atoms with E-state index in [1.165, 1.54) is 12.8 Å². The zero-order valence-corrected chi connectivity index (χ0v) is 6.43. The summed E-state index contributed by atoms with van der Waals surface area (Å²) in [5.74, 6) is 0.677. The third-order valence-electron chi connectivity index (χ3n) is 3.11. The second-order valence-corrected chi connectivity index (χ2v) is 3.73. The third kappa shape index (κ3) is 0.722. The van der Waals surface area contributed by atoms with Gasteiger partial charge in [-0.25, -0.2) is 0 Å². The van der Waals surface area contributed by atoms with Crippen molar-refractivity contribution in [1.82, 2.24) is 5.32 Å². The maximum Gasteiger partial charge on any atom is 0.0744 e. The Kier molecular flexibility index (Phi) is 1.29. The van der Waals surface area contributed by atoms with Crippen LogP contribution in [0, 0.1) is 5.92 Å². The predicted octanol–water partition coefficient (Wildman–Crippen LogP) is 0.509. The van der Waals surface area contributed by atoms with E-state index < -0.39 is 0 Å². The molecule has 2 fully saturated rings. The van der Waals surface area contributed by atoms with E-state index in [-0.39, 0.29) is 11.6 Å². The predicted molar refractivity (Wildman–Crippen MR) is 39.8 cm³/mol. The molecule has 0 aromatic carbocycles. The van der Waals surface area contributed by atoms with Gasteiger partial charge in [0.15, 0.2) is 0 Å². The molecule has 1 saturated carbocycles. The molecule has 10 heavy (non-hydrogen) atoms. The largest absolute Gasteiger partial charge is 0.391 e. The molecule has 2 rings (SSSR count). The van der Waals surface area contributed by atoms with Crippen LogP contribution in [0.2, 0.25) is 0 Å². The van der Waals surface area contributed by atoms with Crippen molar-refractivity contribution in [2.45, 2.75) is 37.8 Å². The van der Waals surface area contributed by atoms with Crippen LogP contribution in [0.25, 0.3) is 0 Å². The lowest BCUT2D eigenvalue weighted by Gasteiger charge is -2.30. The highest BCUT2D eigenvalue weighted by Crippen LogP contribution is 2.46. The summed E-state index contributed by atoms with van der Waals surface area (Å²) in [6, 6.07) is 0. The summed E-state index contributed by atoms with van der Waals surface area (Å²) < 4.78 is 0. The van der Waals surface area contributed by atoms with Crippen LogP contribution < -0.4 is 5.32 Å². The van der Waals surface area contributed by atoms with Gasteiger partial charge < -0.3 is 10.4 Å². The smallest absolute Gasteiger partial charge is 0.0744 e. The molecule has 1 saturated heterocycles. The normalized spacial score (nSPS) is 53.4. The molecule has 58 valence electrons. The molecule has 0 aromatic heterocycles.